The fraction of sp³-hybridized carbons (Fsp3) is 0.456. The second-order valence-electron chi connectivity index (χ2n) is 25.4. The first-order valence-electron chi connectivity index (χ1n) is 31.9. The fourth-order valence-corrected chi connectivity index (χ4v) is 15.6. The second-order valence-corrected chi connectivity index (χ2v) is 28.7. The maximum atomic E-state index is 14.0. The topological polar surface area (TPSA) is 242 Å². The summed E-state index contributed by atoms with van der Waals surface area (Å²) in [5.41, 5.74) is 10.1. The van der Waals surface area contributed by atoms with Crippen molar-refractivity contribution in [2.45, 2.75) is 132 Å². The molecular weight excluding hydrogens is 1200 g/mol. The van der Waals surface area contributed by atoms with Crippen LogP contribution in [-0.2, 0) is 26.2 Å². The largest absolute Gasteiger partial charge is 0.455 e. The predicted molar refractivity (Wildman–Crippen MR) is 355 cm³/mol. The van der Waals surface area contributed by atoms with Gasteiger partial charge < -0.3 is 35.5 Å². The van der Waals surface area contributed by atoms with Gasteiger partial charge in [0.15, 0.2) is 0 Å². The summed E-state index contributed by atoms with van der Waals surface area (Å²) >= 11 is 8.02. The molecule has 0 bridgehead atoms. The highest BCUT2D eigenvalue weighted by Gasteiger charge is 2.40. The number of hydrogen-bond donors (Lipinski definition) is 8. The van der Waals surface area contributed by atoms with E-state index in [1.54, 1.807) is 47.1 Å². The molecule has 0 radical (unpaired) electrons. The number of carbonyl (C=O) groups excluding carboxylic acids is 4. The summed E-state index contributed by atoms with van der Waals surface area (Å²) in [6.45, 7) is 13.2. The zero-order valence-electron chi connectivity index (χ0n) is 51.5. The molecule has 6 aromatic rings. The third-order valence-corrected chi connectivity index (χ3v) is 21.3. The predicted octanol–water partition coefficient (Wildman–Crippen LogP) is 11.7. The number of aromatic amines is 1. The summed E-state index contributed by atoms with van der Waals surface area (Å²) in [7, 11) is -4.43. The van der Waals surface area contributed by atoms with E-state index in [-0.39, 0.29) is 51.5 Å². The van der Waals surface area contributed by atoms with E-state index in [0.717, 1.165) is 117 Å². The Balaban J connectivity index is 0.600. The number of piperidine rings is 1. The van der Waals surface area contributed by atoms with E-state index in [4.69, 9.17) is 16.3 Å². The molecule has 478 valence electrons. The van der Waals surface area contributed by atoms with E-state index >= 15 is 0 Å². The van der Waals surface area contributed by atoms with Crippen molar-refractivity contribution in [1.82, 2.24) is 40.0 Å². The van der Waals surface area contributed by atoms with Crippen molar-refractivity contribution in [3.8, 4) is 11.5 Å². The SMILES string of the molecule is CC1(C)CCC(CNCCNc2ccc(C(=O)NS(=O)(=O)c3ccc(NC[C@H]4CC[C@@H](N5CCN(CCCCCCCSc6cccc7c6CN(C6CCC(=O)NC6=O)C7=O)CC5)CC4)c(NO)c3)c(Oc3cnc4[nH]ccc4c3)c2)=C(c2ccc(Cl)cc2)C1. The fourth-order valence-electron chi connectivity index (χ4n) is 13.4. The van der Waals surface area contributed by atoms with Gasteiger partial charge in [0.1, 0.15) is 23.2 Å². The third-order valence-electron chi connectivity index (χ3n) is 18.6. The van der Waals surface area contributed by atoms with Crippen molar-refractivity contribution in [2.75, 3.05) is 80.8 Å². The van der Waals surface area contributed by atoms with Crippen LogP contribution >= 0.6 is 23.4 Å². The number of halogens is 1. The molecule has 11 rings (SSSR count). The lowest BCUT2D eigenvalue weighted by Crippen LogP contribution is -2.52. The number of H-pyrrole nitrogens is 1. The first kappa shape index (κ1) is 64.5. The highest BCUT2D eigenvalue weighted by molar-refractivity contribution is 7.99. The number of anilines is 3. The monoisotopic (exact) mass is 1280 g/mol. The maximum Gasteiger partial charge on any atom is 0.268 e. The van der Waals surface area contributed by atoms with Gasteiger partial charge >= 0.3 is 0 Å². The molecule has 8 N–H and O–H groups in total. The number of nitrogens with one attached hydrogen (secondary N) is 7. The Labute approximate surface area is 537 Å². The molecule has 3 fully saturated rings. The van der Waals surface area contributed by atoms with Crippen LogP contribution in [0.15, 0.2) is 119 Å². The summed E-state index contributed by atoms with van der Waals surface area (Å²) < 4.78 is 36.4. The van der Waals surface area contributed by atoms with Crippen LogP contribution in [0.2, 0.25) is 5.02 Å². The minimum atomic E-state index is -4.43. The number of hydrogen-bond acceptors (Lipinski definition) is 16. The molecule has 19 nitrogen and oxygen atoms in total. The Bertz CT molecular complexity index is 3700. The molecule has 1 saturated carbocycles. The Morgan fingerprint density at radius 3 is 2.46 bits per heavy atom. The Morgan fingerprint density at radius 2 is 1.66 bits per heavy atom. The Hall–Kier alpha value is -6.98. The number of aromatic nitrogens is 2. The van der Waals surface area contributed by atoms with Crippen LogP contribution in [0, 0.1) is 11.3 Å². The second kappa shape index (κ2) is 29.5. The minimum absolute atomic E-state index is 0.00438. The number of allylic oxidation sites excluding steroid dienone is 1. The quantitative estimate of drug-likeness (QED) is 0.0103. The number of imide groups is 1. The molecule has 4 amide bonds. The number of piperazine rings is 1. The zero-order chi connectivity index (χ0) is 62.8. The van der Waals surface area contributed by atoms with Gasteiger partial charge in [0.05, 0.1) is 28.0 Å². The summed E-state index contributed by atoms with van der Waals surface area (Å²) in [5.74, 6) is 0.207. The lowest BCUT2D eigenvalue weighted by Gasteiger charge is -2.42. The van der Waals surface area contributed by atoms with E-state index in [1.165, 1.54) is 66.8 Å². The molecular formula is C68H84ClN11O8S2. The number of pyridine rings is 1. The number of amides is 4. The van der Waals surface area contributed by atoms with Crippen molar-refractivity contribution in [1.29, 1.82) is 0 Å². The number of thioether (sulfide) groups is 1. The molecule has 2 aromatic heterocycles. The van der Waals surface area contributed by atoms with Crippen LogP contribution in [-0.4, -0.2) is 139 Å². The molecule has 1 atom stereocenters. The molecule has 90 heavy (non-hydrogen) atoms. The summed E-state index contributed by atoms with van der Waals surface area (Å²) in [4.78, 5) is 66.8. The number of rotatable bonds is 27. The number of carbonyl (C=O) groups is 4. The number of benzene rings is 4. The van der Waals surface area contributed by atoms with Crippen LogP contribution in [0.4, 0.5) is 17.1 Å². The highest BCUT2D eigenvalue weighted by Crippen LogP contribution is 2.43. The standard InChI is InChI=1S/C68H84ClN11O8S2/c1-68(2)27-25-48(56(40-68)46-13-15-49(69)16-14-46)42-70-29-30-71-50-17-21-55(61(38-50)88-52-37-47-26-28-72-64(47)74-43-52)65(82)77-90(86,87)53-20-22-58(59(39-53)76-85)73-41-45-11-18-51(19-12-45)79-34-32-78(33-35-79)31-6-4-3-5-7-36-89-62-10-8-9-54-57(62)44-80(67(54)84)60-23-24-63(81)75-66(60)83/h8-10,13-17,20-22,26,28,37-39,43,45,51,60,70-71,73,76,85H,3-7,11-12,18-19,23-25,27,29-36,40-42,44H2,1-2H3,(H,72,74)(H,77,82)(H,75,81,83)/t45-,51+,60?. The van der Waals surface area contributed by atoms with E-state index in [0.29, 0.717) is 72.9 Å². The van der Waals surface area contributed by atoms with Crippen LogP contribution in [0.25, 0.3) is 16.6 Å². The zero-order valence-corrected chi connectivity index (χ0v) is 53.9. The molecule has 2 aliphatic carbocycles. The summed E-state index contributed by atoms with van der Waals surface area (Å²) in [6.07, 6.45) is 17.3. The Kier molecular flexibility index (Phi) is 21.2. The third kappa shape index (κ3) is 16.2. The van der Waals surface area contributed by atoms with E-state index in [2.05, 4.69) is 83.3 Å². The number of sulfonamides is 1. The summed E-state index contributed by atoms with van der Waals surface area (Å²) in [6, 6.07) is 26.8. The molecule has 22 heteroatoms. The van der Waals surface area contributed by atoms with E-state index in [1.807, 2.05) is 30.3 Å². The lowest BCUT2D eigenvalue weighted by atomic mass is 9.72. The molecule has 0 spiro atoms. The summed E-state index contributed by atoms with van der Waals surface area (Å²) in [5, 5.41) is 24.6. The molecule has 3 aliphatic heterocycles. The van der Waals surface area contributed by atoms with Crippen LogP contribution < -0.4 is 36.2 Å². The first-order valence-corrected chi connectivity index (χ1v) is 34.8. The van der Waals surface area contributed by atoms with Crippen LogP contribution in [0.1, 0.15) is 136 Å². The van der Waals surface area contributed by atoms with E-state index < -0.39 is 22.0 Å². The lowest BCUT2D eigenvalue weighted by molar-refractivity contribution is -0.136. The highest BCUT2D eigenvalue weighted by atomic mass is 35.5. The van der Waals surface area contributed by atoms with Gasteiger partial charge in [-0.1, -0.05) is 68.5 Å². The van der Waals surface area contributed by atoms with Crippen molar-refractivity contribution in [3.05, 3.63) is 136 Å². The average Bonchev–Trinajstić information content (AvgIpc) is 1.82. The average molecular weight is 1280 g/mol. The van der Waals surface area contributed by atoms with Crippen LogP contribution in [0.3, 0.4) is 0 Å². The van der Waals surface area contributed by atoms with Gasteiger partial charge in [-0.25, -0.2) is 18.1 Å². The van der Waals surface area contributed by atoms with Gasteiger partial charge in [0.25, 0.3) is 21.8 Å². The number of ether oxygens (including phenoxy) is 1. The minimum Gasteiger partial charge on any atom is -0.455 e. The number of nitrogens with zero attached hydrogens (tertiary/aromatic N) is 4. The molecule has 5 aliphatic rings. The van der Waals surface area contributed by atoms with Gasteiger partial charge in [-0.15, -0.1) is 11.8 Å². The molecule has 4 aromatic carbocycles. The van der Waals surface area contributed by atoms with Gasteiger partial charge in [-0.05, 0) is 171 Å². The first-order chi connectivity index (χ1) is 43.6. The van der Waals surface area contributed by atoms with Gasteiger partial charge in [0.2, 0.25) is 11.8 Å². The number of fused-ring (bicyclic) bond motifs is 2. The van der Waals surface area contributed by atoms with Crippen molar-refractivity contribution >= 4 is 90.7 Å². The van der Waals surface area contributed by atoms with Gasteiger partial charge in [0, 0.05) is 110 Å². The Morgan fingerprint density at radius 1 is 0.856 bits per heavy atom. The smallest absolute Gasteiger partial charge is 0.268 e. The van der Waals surface area contributed by atoms with E-state index in [9.17, 15) is 32.8 Å². The normalized spacial score (nSPS) is 19.8. The van der Waals surface area contributed by atoms with Crippen molar-refractivity contribution in [2.24, 2.45) is 11.3 Å². The van der Waals surface area contributed by atoms with Gasteiger partial charge in [-0.2, -0.15) is 0 Å². The molecule has 2 saturated heterocycles. The van der Waals surface area contributed by atoms with Gasteiger partial charge in [-0.3, -0.25) is 40.1 Å². The van der Waals surface area contributed by atoms with Crippen molar-refractivity contribution < 1.29 is 37.5 Å². The van der Waals surface area contributed by atoms with Crippen LogP contribution in [0.5, 0.6) is 11.5 Å². The molecule has 1 unspecified atom stereocenters. The maximum absolute atomic E-state index is 14.0. The van der Waals surface area contributed by atoms with Crippen molar-refractivity contribution in [3.63, 3.8) is 0 Å². The molecule has 5 heterocycles. The number of unbranched alkanes of at least 4 members (excludes halogenated alkanes) is 4.